The number of aliphatic hydroxyl groups is 1. The Kier molecular flexibility index (Phi) is 19.5. The van der Waals surface area contributed by atoms with Gasteiger partial charge in [-0.1, -0.05) is 51.0 Å². The number of anilines is 1. The van der Waals surface area contributed by atoms with Crippen LogP contribution in [0.3, 0.4) is 0 Å². The number of rotatable bonds is 6. The van der Waals surface area contributed by atoms with Gasteiger partial charge in [0.2, 0.25) is 0 Å². The number of hydrogen-bond acceptors (Lipinski definition) is 13. The fourth-order valence-corrected chi connectivity index (χ4v) is 11.1. The van der Waals surface area contributed by atoms with E-state index >= 15 is 0 Å². The second-order valence-electron chi connectivity index (χ2n) is 16.7. The standard InChI is InChI=1S/2C22H30N2O2.2CO2.CH3O.Na/c1-5-16-12-24-10-9-22(19(24)11-17(16)15(3)13-26-4)21(25)20-14(2)7-6-8-18(20)23-22;1-5-16-12-24-10-9-22(25)20-14(2)7-6-8-18(20)23-21(22)19(24)11-17(16)15(3)13-26-4;2*2-1-3;1-2;/h6-8,13,16-17,19,23H,5,9-12H2,1-4H3;6-8,13,16-17,19,25H,5,9-12H2,1-4H3;;;1H3;/q;;;;-1;+1/b2*15-13-;;;;/t2*16-,17-,19+,22+;;;;/m11..../s1. The zero-order chi connectivity index (χ0) is 44.4. The molecule has 0 aliphatic carbocycles. The summed E-state index contributed by atoms with van der Waals surface area (Å²) in [5.41, 5.74) is 8.41. The minimum Gasteiger partial charge on any atom is -0.857 e. The van der Waals surface area contributed by atoms with E-state index in [4.69, 9.17) is 38.8 Å². The van der Waals surface area contributed by atoms with Crippen LogP contribution in [0, 0.1) is 37.5 Å². The van der Waals surface area contributed by atoms with E-state index in [0.29, 0.717) is 29.5 Å². The molecule has 2 N–H and O–H groups in total. The van der Waals surface area contributed by atoms with Crippen molar-refractivity contribution in [1.29, 1.82) is 0 Å². The Morgan fingerprint density at radius 2 is 1.39 bits per heavy atom. The Bertz CT molecular complexity index is 1980. The summed E-state index contributed by atoms with van der Waals surface area (Å²) in [6.45, 7) is 17.1. The average molecular weight is 851 g/mol. The number of aryl methyl sites for hydroxylation is 2. The SMILES string of the molecule is CC[C@@H]1CN2CC[C@@]3(O)C(=Nc4cccc(C)c43)[C@@H]2C[C@@H]1/C(C)=C\OC.CC[C@@H]1CN2CC[C@]3(Nc4cccc(C)c4C3=O)[C@@H]2C[C@@H]1/C(C)=C\OC.C[O-].O=C=O.O=C=O.[Na+]. The van der Waals surface area contributed by atoms with Crippen LogP contribution in [0.1, 0.15) is 93.3 Å². The number of piperidine rings is 3. The van der Waals surface area contributed by atoms with Gasteiger partial charge in [-0.2, -0.15) is 26.3 Å². The number of fused-ring (bicyclic) bond motifs is 8. The average Bonchev–Trinajstić information content (AvgIpc) is 3.87. The van der Waals surface area contributed by atoms with Crippen molar-refractivity contribution in [3.8, 4) is 0 Å². The first-order chi connectivity index (χ1) is 28.8. The van der Waals surface area contributed by atoms with Crippen molar-refractivity contribution < 1.29 is 73.2 Å². The number of aliphatic imine (C=N–C) groups is 1. The smallest absolute Gasteiger partial charge is 0.857 e. The van der Waals surface area contributed by atoms with E-state index in [2.05, 4.69) is 61.9 Å². The summed E-state index contributed by atoms with van der Waals surface area (Å²) in [5, 5.41) is 23.6. The van der Waals surface area contributed by atoms with Gasteiger partial charge in [-0.3, -0.25) is 19.6 Å². The van der Waals surface area contributed by atoms with Gasteiger partial charge in [-0.05, 0) is 111 Å². The summed E-state index contributed by atoms with van der Waals surface area (Å²) < 4.78 is 10.6. The van der Waals surface area contributed by atoms with Gasteiger partial charge in [0, 0.05) is 49.0 Å². The van der Waals surface area contributed by atoms with Crippen molar-refractivity contribution in [3.05, 3.63) is 82.3 Å². The molecule has 2 aromatic rings. The minimum absolute atomic E-state index is 0. The Morgan fingerprint density at radius 1 is 0.869 bits per heavy atom. The summed E-state index contributed by atoms with van der Waals surface area (Å²) in [4.78, 5) is 56.1. The van der Waals surface area contributed by atoms with Gasteiger partial charge in [0.05, 0.1) is 44.2 Å². The van der Waals surface area contributed by atoms with E-state index in [0.717, 1.165) is 105 Å². The van der Waals surface area contributed by atoms with Gasteiger partial charge in [-0.15, -0.1) is 0 Å². The normalized spacial score (nSPS) is 29.3. The van der Waals surface area contributed by atoms with E-state index in [-0.39, 0.29) is 53.9 Å². The summed E-state index contributed by atoms with van der Waals surface area (Å²) in [6, 6.07) is 12.8. The van der Waals surface area contributed by atoms with Crippen molar-refractivity contribution in [2.45, 2.75) is 103 Å². The maximum Gasteiger partial charge on any atom is 1.00 e. The van der Waals surface area contributed by atoms with Crippen LogP contribution < -0.4 is 40.0 Å². The quantitative estimate of drug-likeness (QED) is 0.322. The maximum atomic E-state index is 13.5. The number of methoxy groups -OCH3 is 2. The Balaban J connectivity index is 0.000000275. The molecular weight excluding hydrogens is 788 g/mol. The van der Waals surface area contributed by atoms with Crippen LogP contribution in [0.2, 0.25) is 0 Å². The molecular formula is C47H63N4NaO9. The second-order valence-corrected chi connectivity index (χ2v) is 16.7. The molecule has 0 unspecified atom stereocenters. The maximum absolute atomic E-state index is 13.5. The fourth-order valence-electron chi connectivity index (χ4n) is 11.1. The number of ether oxygens (including phenoxy) is 2. The van der Waals surface area contributed by atoms with E-state index in [1.165, 1.54) is 17.6 Å². The number of carbonyl (C=O) groups is 1. The molecule has 0 aromatic heterocycles. The van der Waals surface area contributed by atoms with Crippen LogP contribution in [0.25, 0.3) is 0 Å². The molecule has 13 nitrogen and oxygen atoms in total. The fraction of sp³-hybridized carbons (Fsp3) is 0.574. The number of Topliss-reactive ketones (excluding diaryl/α,β-unsaturated/α-hetero) is 1. The molecule has 1 spiro atoms. The molecule has 6 heterocycles. The molecule has 4 saturated heterocycles. The molecule has 0 bridgehead atoms. The Hall–Kier alpha value is -3.74. The summed E-state index contributed by atoms with van der Waals surface area (Å²) in [5.74, 6) is 2.54. The number of benzene rings is 2. The van der Waals surface area contributed by atoms with E-state index in [9.17, 15) is 9.90 Å². The first-order valence-electron chi connectivity index (χ1n) is 20.9. The number of carbonyl (C=O) groups excluding carboxylic acids is 5. The molecule has 14 heteroatoms. The van der Waals surface area contributed by atoms with E-state index < -0.39 is 11.1 Å². The van der Waals surface area contributed by atoms with Crippen molar-refractivity contribution in [2.75, 3.05) is 52.8 Å². The molecule has 0 saturated carbocycles. The van der Waals surface area contributed by atoms with Gasteiger partial charge < -0.3 is 25.0 Å². The molecule has 0 amide bonds. The molecule has 6 aliphatic heterocycles. The summed E-state index contributed by atoms with van der Waals surface area (Å²) in [7, 11) is 4.19. The number of hydrogen-bond donors (Lipinski definition) is 2. The van der Waals surface area contributed by atoms with Gasteiger partial charge in [-0.25, -0.2) is 0 Å². The van der Waals surface area contributed by atoms with Crippen LogP contribution in [-0.2, 0) is 34.3 Å². The zero-order valence-electron chi connectivity index (χ0n) is 37.7. The molecule has 2 aromatic carbocycles. The zero-order valence-corrected chi connectivity index (χ0v) is 39.7. The van der Waals surface area contributed by atoms with Crippen molar-refractivity contribution in [2.24, 2.45) is 28.7 Å². The van der Waals surface area contributed by atoms with Crippen LogP contribution in [0.5, 0.6) is 0 Å². The monoisotopic (exact) mass is 850 g/mol. The van der Waals surface area contributed by atoms with Gasteiger partial charge in [0.25, 0.3) is 0 Å². The van der Waals surface area contributed by atoms with Crippen molar-refractivity contribution in [3.63, 3.8) is 0 Å². The summed E-state index contributed by atoms with van der Waals surface area (Å²) in [6.07, 6.45) is 10.3. The predicted octanol–water partition coefficient (Wildman–Crippen LogP) is 2.77. The molecule has 8 rings (SSSR count). The number of ketones is 1. The molecule has 61 heavy (non-hydrogen) atoms. The van der Waals surface area contributed by atoms with Crippen LogP contribution >= 0.6 is 0 Å². The third-order valence-corrected chi connectivity index (χ3v) is 13.8. The first-order valence-corrected chi connectivity index (χ1v) is 20.9. The van der Waals surface area contributed by atoms with Crippen molar-refractivity contribution in [1.82, 2.24) is 9.80 Å². The first kappa shape index (κ1) is 51.6. The topological polar surface area (TPSA) is 178 Å². The second kappa shape index (κ2) is 23.1. The van der Waals surface area contributed by atoms with Crippen LogP contribution in [-0.4, -0.2) is 104 Å². The van der Waals surface area contributed by atoms with Gasteiger partial charge >= 0.3 is 41.9 Å². The number of nitrogens with zero attached hydrogens (tertiary/aromatic N) is 3. The Labute approximate surface area is 383 Å². The minimum atomic E-state index is -0.885. The van der Waals surface area contributed by atoms with Crippen LogP contribution in [0.15, 0.2) is 65.1 Å². The van der Waals surface area contributed by atoms with E-state index in [1.54, 1.807) is 14.2 Å². The van der Waals surface area contributed by atoms with Crippen molar-refractivity contribution >= 4 is 35.2 Å². The van der Waals surface area contributed by atoms with Gasteiger partial charge in [0.15, 0.2) is 5.78 Å². The molecule has 0 radical (unpaired) electrons. The third-order valence-electron chi connectivity index (χ3n) is 13.8. The predicted molar refractivity (Wildman–Crippen MR) is 225 cm³/mol. The largest absolute Gasteiger partial charge is 1.00 e. The summed E-state index contributed by atoms with van der Waals surface area (Å²) >= 11 is 0. The number of nitrogens with one attached hydrogen (secondary N) is 1. The van der Waals surface area contributed by atoms with Gasteiger partial charge in [0.1, 0.15) is 11.1 Å². The molecule has 4 fully saturated rings. The van der Waals surface area contributed by atoms with Crippen LogP contribution in [0.4, 0.5) is 11.4 Å². The third kappa shape index (κ3) is 10.2. The number of allylic oxidation sites excluding steroid dienone is 2. The molecule has 8 atom stereocenters. The molecule has 6 aliphatic rings. The molecule has 326 valence electrons. The Morgan fingerprint density at radius 3 is 1.95 bits per heavy atom. The van der Waals surface area contributed by atoms with E-state index in [1.807, 2.05) is 43.7 Å².